The summed E-state index contributed by atoms with van der Waals surface area (Å²) in [6.07, 6.45) is -0.741. The zero-order valence-corrected chi connectivity index (χ0v) is 8.07. The molecule has 15 heavy (non-hydrogen) atoms. The summed E-state index contributed by atoms with van der Waals surface area (Å²) >= 11 is 0. The first-order valence-corrected chi connectivity index (χ1v) is 4.73. The average molecular weight is 218 g/mol. The molecule has 0 amide bonds. The lowest BCUT2D eigenvalue weighted by Gasteiger charge is -2.09. The maximum atomic E-state index is 8.77. The highest BCUT2D eigenvalue weighted by Crippen LogP contribution is 2.14. The molecule has 7 nitrogen and oxygen atoms in total. The summed E-state index contributed by atoms with van der Waals surface area (Å²) in [5.74, 6) is 0. The van der Waals surface area contributed by atoms with Crippen LogP contribution in [-0.4, -0.2) is 63.5 Å². The number of aliphatic hydroxyl groups excluding tert-OH is 2. The third kappa shape index (κ3) is 2.91. The van der Waals surface area contributed by atoms with Crippen molar-refractivity contribution in [1.29, 1.82) is 0 Å². The van der Waals surface area contributed by atoms with Crippen LogP contribution in [0.5, 0.6) is 0 Å². The third-order valence-corrected chi connectivity index (χ3v) is 2.07. The van der Waals surface area contributed by atoms with Crippen molar-refractivity contribution in [1.82, 2.24) is 0 Å². The Morgan fingerprint density at radius 3 is 1.80 bits per heavy atom. The van der Waals surface area contributed by atoms with E-state index < -0.39 is 14.6 Å². The summed E-state index contributed by atoms with van der Waals surface area (Å²) in [5.41, 5.74) is 0. The zero-order valence-electron chi connectivity index (χ0n) is 8.07. The minimum Gasteiger partial charge on any atom is -0.399 e. The maximum absolute atomic E-state index is 8.77. The SMILES string of the molecule is OC[C@H]1COB(OB2OC[C@H](CO)O2)O1. The van der Waals surface area contributed by atoms with Crippen LogP contribution in [0.25, 0.3) is 0 Å². The molecule has 0 unspecified atom stereocenters. The van der Waals surface area contributed by atoms with Crippen LogP contribution in [0.3, 0.4) is 0 Å². The van der Waals surface area contributed by atoms with Gasteiger partial charge in [-0.05, 0) is 0 Å². The third-order valence-electron chi connectivity index (χ3n) is 2.07. The van der Waals surface area contributed by atoms with Gasteiger partial charge in [0.05, 0.1) is 38.6 Å². The molecule has 0 saturated carbocycles. The van der Waals surface area contributed by atoms with Crippen LogP contribution in [0, 0.1) is 0 Å². The van der Waals surface area contributed by atoms with Crippen molar-refractivity contribution < 1.29 is 33.4 Å². The fourth-order valence-electron chi connectivity index (χ4n) is 1.27. The van der Waals surface area contributed by atoms with Gasteiger partial charge < -0.3 is 33.4 Å². The molecule has 2 atom stereocenters. The molecule has 2 heterocycles. The minimum absolute atomic E-state index is 0.120. The van der Waals surface area contributed by atoms with Crippen LogP contribution < -0.4 is 0 Å². The summed E-state index contributed by atoms with van der Waals surface area (Å²) in [7, 11) is -1.77. The largest absolute Gasteiger partial charge is 0.627 e. The highest BCUT2D eigenvalue weighted by molar-refractivity contribution is 6.52. The van der Waals surface area contributed by atoms with Gasteiger partial charge >= 0.3 is 14.6 Å². The molecule has 2 aliphatic heterocycles. The molecule has 0 spiro atoms. The molecule has 2 fully saturated rings. The fraction of sp³-hybridized carbons (Fsp3) is 1.00. The van der Waals surface area contributed by atoms with Crippen LogP contribution >= 0.6 is 0 Å². The van der Waals surface area contributed by atoms with E-state index in [1.54, 1.807) is 0 Å². The highest BCUT2D eigenvalue weighted by atomic mass is 16.8. The molecular weight excluding hydrogens is 206 g/mol. The predicted molar refractivity (Wildman–Crippen MR) is 48.4 cm³/mol. The summed E-state index contributed by atoms with van der Waals surface area (Å²) in [5, 5.41) is 17.5. The number of hydrogen-bond acceptors (Lipinski definition) is 7. The van der Waals surface area contributed by atoms with Gasteiger partial charge in [-0.25, -0.2) is 0 Å². The van der Waals surface area contributed by atoms with Crippen LogP contribution in [0.15, 0.2) is 0 Å². The molecule has 0 radical (unpaired) electrons. The molecule has 0 aromatic rings. The minimum atomic E-state index is -0.885. The first-order valence-electron chi connectivity index (χ1n) is 4.73. The normalized spacial score (nSPS) is 31.6. The molecule has 0 aromatic carbocycles. The van der Waals surface area contributed by atoms with Gasteiger partial charge in [0, 0.05) is 0 Å². The highest BCUT2D eigenvalue weighted by Gasteiger charge is 2.42. The Hall–Kier alpha value is -0.150. The molecule has 2 N–H and O–H groups in total. The molecule has 84 valence electrons. The Morgan fingerprint density at radius 1 is 1.00 bits per heavy atom. The van der Waals surface area contributed by atoms with E-state index >= 15 is 0 Å². The van der Waals surface area contributed by atoms with Gasteiger partial charge in [0.15, 0.2) is 0 Å². The van der Waals surface area contributed by atoms with Gasteiger partial charge in [-0.1, -0.05) is 0 Å². The topological polar surface area (TPSA) is 86.6 Å². The van der Waals surface area contributed by atoms with E-state index in [4.69, 9.17) is 33.4 Å². The van der Waals surface area contributed by atoms with E-state index in [1.807, 2.05) is 0 Å². The number of aliphatic hydroxyl groups is 2. The van der Waals surface area contributed by atoms with E-state index in [1.165, 1.54) is 0 Å². The number of rotatable bonds is 4. The smallest absolute Gasteiger partial charge is 0.399 e. The molecule has 2 saturated heterocycles. The van der Waals surface area contributed by atoms with Crippen molar-refractivity contribution >= 4 is 14.6 Å². The average Bonchev–Trinajstić information content (AvgIpc) is 2.87. The Morgan fingerprint density at radius 2 is 1.47 bits per heavy atom. The Balaban J connectivity index is 1.70. The van der Waals surface area contributed by atoms with Crippen LogP contribution in [0.2, 0.25) is 0 Å². The summed E-state index contributed by atoms with van der Waals surface area (Å²) in [6, 6.07) is 0. The van der Waals surface area contributed by atoms with E-state index in [-0.39, 0.29) is 38.6 Å². The standard InChI is InChI=1S/C6H12B2O7/c9-1-5-3-11-7(13-5)15-8-12-4-6(2-10)14-8/h5-6,9-10H,1-4H2/t5-,6-/m0/s1. The number of hydrogen-bond donors (Lipinski definition) is 2. The summed E-state index contributed by atoms with van der Waals surface area (Å²) in [6.45, 7) is 0.311. The maximum Gasteiger partial charge on any atom is 0.627 e. The van der Waals surface area contributed by atoms with Crippen molar-refractivity contribution in [3.05, 3.63) is 0 Å². The second-order valence-corrected chi connectivity index (χ2v) is 3.26. The van der Waals surface area contributed by atoms with Crippen LogP contribution in [0.4, 0.5) is 0 Å². The van der Waals surface area contributed by atoms with Gasteiger partial charge in [0.2, 0.25) is 0 Å². The van der Waals surface area contributed by atoms with Crippen molar-refractivity contribution in [2.75, 3.05) is 26.4 Å². The van der Waals surface area contributed by atoms with E-state index in [0.29, 0.717) is 0 Å². The molecular formula is C6H12B2O7. The van der Waals surface area contributed by atoms with E-state index in [9.17, 15) is 0 Å². The van der Waals surface area contributed by atoms with Crippen molar-refractivity contribution in [2.24, 2.45) is 0 Å². The van der Waals surface area contributed by atoms with Crippen molar-refractivity contribution in [3.8, 4) is 0 Å². The molecule has 0 aliphatic carbocycles. The molecule has 2 rings (SSSR count). The second kappa shape index (κ2) is 5.26. The lowest BCUT2D eigenvalue weighted by Crippen LogP contribution is -2.33. The predicted octanol–water partition coefficient (Wildman–Crippen LogP) is -2.21. The van der Waals surface area contributed by atoms with Gasteiger partial charge in [0.25, 0.3) is 0 Å². The molecule has 2 aliphatic rings. The zero-order chi connectivity index (χ0) is 10.7. The van der Waals surface area contributed by atoms with Crippen molar-refractivity contribution in [3.63, 3.8) is 0 Å². The van der Waals surface area contributed by atoms with Gasteiger partial charge in [0.1, 0.15) is 0 Å². The lowest BCUT2D eigenvalue weighted by molar-refractivity contribution is 0.111. The lowest BCUT2D eigenvalue weighted by atomic mass is 10.1. The van der Waals surface area contributed by atoms with E-state index in [0.717, 1.165) is 0 Å². The van der Waals surface area contributed by atoms with Gasteiger partial charge in [-0.2, -0.15) is 0 Å². The fourth-order valence-corrected chi connectivity index (χ4v) is 1.27. The van der Waals surface area contributed by atoms with E-state index in [2.05, 4.69) is 0 Å². The molecule has 0 bridgehead atoms. The monoisotopic (exact) mass is 218 g/mol. The molecule has 0 aromatic heterocycles. The van der Waals surface area contributed by atoms with Gasteiger partial charge in [-0.3, -0.25) is 0 Å². The van der Waals surface area contributed by atoms with Crippen LogP contribution in [-0.2, 0) is 23.2 Å². The first kappa shape index (κ1) is 11.3. The summed E-state index contributed by atoms with van der Waals surface area (Å²) < 4.78 is 25.5. The van der Waals surface area contributed by atoms with Crippen molar-refractivity contribution in [2.45, 2.75) is 12.2 Å². The Kier molecular flexibility index (Phi) is 3.98. The first-order chi connectivity index (χ1) is 7.31. The Labute approximate surface area is 87.6 Å². The Bertz CT molecular complexity index is 186. The second-order valence-electron chi connectivity index (χ2n) is 3.26. The molecule has 9 heteroatoms. The quantitative estimate of drug-likeness (QED) is 0.517. The summed E-state index contributed by atoms with van der Waals surface area (Å²) in [4.78, 5) is 0. The van der Waals surface area contributed by atoms with Gasteiger partial charge in [-0.15, -0.1) is 0 Å². The van der Waals surface area contributed by atoms with Crippen LogP contribution in [0.1, 0.15) is 0 Å².